The number of hydrogen-bond donors (Lipinski definition) is 1. The van der Waals surface area contributed by atoms with Gasteiger partial charge in [-0.15, -0.1) is 0 Å². The van der Waals surface area contributed by atoms with Gasteiger partial charge in [-0.1, -0.05) is 54.6 Å². The molecule has 0 aliphatic rings. The fourth-order valence-electron chi connectivity index (χ4n) is 2.96. The number of carbonyl (C=O) groups is 1. The number of methoxy groups -OCH3 is 1. The quantitative estimate of drug-likeness (QED) is 0.405. The third-order valence-electron chi connectivity index (χ3n) is 4.31. The van der Waals surface area contributed by atoms with Crippen LogP contribution in [0.1, 0.15) is 19.4 Å². The zero-order chi connectivity index (χ0) is 22.1. The van der Waals surface area contributed by atoms with Crippen molar-refractivity contribution >= 4 is 12.1 Å². The fourth-order valence-corrected chi connectivity index (χ4v) is 2.96. The minimum Gasteiger partial charge on any atom is -0.493 e. The number of ether oxygens (including phenoxy) is 3. The Morgan fingerprint density at radius 2 is 1.68 bits per heavy atom. The van der Waals surface area contributed by atoms with Crippen LogP contribution in [0.3, 0.4) is 0 Å². The molecule has 0 aliphatic heterocycles. The Hall–Kier alpha value is -3.80. The van der Waals surface area contributed by atoms with Crippen LogP contribution in [0.4, 0.5) is 0 Å². The van der Waals surface area contributed by atoms with Crippen LogP contribution in [0.2, 0.25) is 0 Å². The number of nitrogens with zero attached hydrogens (tertiary/aromatic N) is 1. The average molecular weight is 418 g/mol. The Balaban J connectivity index is 1.63. The van der Waals surface area contributed by atoms with Crippen LogP contribution in [-0.2, 0) is 4.79 Å². The third kappa shape index (κ3) is 6.09. The summed E-state index contributed by atoms with van der Waals surface area (Å²) in [4.78, 5) is 12.2. The molecule has 0 bridgehead atoms. The van der Waals surface area contributed by atoms with Gasteiger partial charge in [0.2, 0.25) is 0 Å². The molecule has 6 nitrogen and oxygen atoms in total. The summed E-state index contributed by atoms with van der Waals surface area (Å²) in [7, 11) is 1.58. The zero-order valence-electron chi connectivity index (χ0n) is 17.9. The van der Waals surface area contributed by atoms with E-state index in [1.807, 2.05) is 86.6 Å². The van der Waals surface area contributed by atoms with Crippen molar-refractivity contribution in [1.82, 2.24) is 5.43 Å². The van der Waals surface area contributed by atoms with Crippen LogP contribution in [0, 0.1) is 0 Å². The molecule has 0 saturated carbocycles. The maximum Gasteiger partial charge on any atom is 0.277 e. The lowest BCUT2D eigenvalue weighted by atomic mass is 10.1. The maximum absolute atomic E-state index is 12.2. The van der Waals surface area contributed by atoms with E-state index in [1.54, 1.807) is 7.11 Å². The Labute approximate surface area is 182 Å². The molecule has 1 N–H and O–H groups in total. The van der Waals surface area contributed by atoms with Crippen molar-refractivity contribution in [2.45, 2.75) is 20.0 Å². The molecule has 0 aromatic heterocycles. The summed E-state index contributed by atoms with van der Waals surface area (Å²) in [5.74, 6) is 1.44. The standard InChI is InChI=1S/C25H26N2O4/c1-18(2)31-25-20(12-9-15-23(25)29-3)16-26-27-24(28)17-30-22-14-8-7-13-21(22)19-10-5-4-6-11-19/h4-16,18H,17H2,1-3H3,(H,27,28)/b26-16-. The van der Waals surface area contributed by atoms with Crippen LogP contribution in [0.15, 0.2) is 77.9 Å². The SMILES string of the molecule is COc1cccc(/C=N\NC(=O)COc2ccccc2-c2ccccc2)c1OC(C)C. The summed E-state index contributed by atoms with van der Waals surface area (Å²) in [5, 5.41) is 4.04. The number of hydrogen-bond acceptors (Lipinski definition) is 5. The van der Waals surface area contributed by atoms with Crippen LogP contribution in [0.25, 0.3) is 11.1 Å². The van der Waals surface area contributed by atoms with Crippen LogP contribution in [0.5, 0.6) is 17.2 Å². The molecule has 0 unspecified atom stereocenters. The second-order valence-corrected chi connectivity index (χ2v) is 6.99. The van der Waals surface area contributed by atoms with Gasteiger partial charge in [-0.05, 0) is 37.6 Å². The van der Waals surface area contributed by atoms with Gasteiger partial charge in [0.05, 0.1) is 19.4 Å². The lowest BCUT2D eigenvalue weighted by Gasteiger charge is -2.15. The number of hydrazone groups is 1. The molecule has 0 radical (unpaired) electrons. The molecule has 1 amide bonds. The first kappa shape index (κ1) is 21.9. The van der Waals surface area contributed by atoms with E-state index in [-0.39, 0.29) is 18.6 Å². The van der Waals surface area contributed by atoms with Crippen molar-refractivity contribution in [2.24, 2.45) is 5.10 Å². The molecule has 3 rings (SSSR count). The Bertz CT molecular complexity index is 1030. The minimum absolute atomic E-state index is 0.0314. The molecule has 0 atom stereocenters. The molecule has 3 aromatic rings. The summed E-state index contributed by atoms with van der Waals surface area (Å²) in [6.45, 7) is 3.70. The largest absolute Gasteiger partial charge is 0.493 e. The first-order valence-electron chi connectivity index (χ1n) is 10.0. The summed E-state index contributed by atoms with van der Waals surface area (Å²) in [6, 6.07) is 23.0. The van der Waals surface area contributed by atoms with Crippen molar-refractivity contribution in [3.05, 3.63) is 78.4 Å². The second-order valence-electron chi connectivity index (χ2n) is 6.99. The van der Waals surface area contributed by atoms with E-state index in [4.69, 9.17) is 14.2 Å². The van der Waals surface area contributed by atoms with Gasteiger partial charge in [0.15, 0.2) is 18.1 Å². The molecule has 3 aromatic carbocycles. The van der Waals surface area contributed by atoms with E-state index in [0.29, 0.717) is 22.8 Å². The fraction of sp³-hybridized carbons (Fsp3) is 0.200. The van der Waals surface area contributed by atoms with E-state index in [0.717, 1.165) is 11.1 Å². The van der Waals surface area contributed by atoms with Gasteiger partial charge in [0.1, 0.15) is 5.75 Å². The van der Waals surface area contributed by atoms with Gasteiger partial charge in [-0.25, -0.2) is 5.43 Å². The van der Waals surface area contributed by atoms with Gasteiger partial charge in [-0.2, -0.15) is 5.10 Å². The molecule has 0 saturated heterocycles. The number of benzene rings is 3. The molecule has 0 fully saturated rings. The molecule has 0 aliphatic carbocycles. The summed E-state index contributed by atoms with van der Waals surface area (Å²) in [5.41, 5.74) is 5.13. The Morgan fingerprint density at radius 1 is 0.968 bits per heavy atom. The number of amides is 1. The smallest absolute Gasteiger partial charge is 0.277 e. The van der Waals surface area contributed by atoms with Crippen LogP contribution < -0.4 is 19.6 Å². The van der Waals surface area contributed by atoms with Crippen LogP contribution in [-0.4, -0.2) is 31.9 Å². The molecule has 6 heteroatoms. The molecule has 0 heterocycles. The minimum atomic E-state index is -0.367. The maximum atomic E-state index is 12.2. The van der Waals surface area contributed by atoms with Gasteiger partial charge < -0.3 is 14.2 Å². The predicted molar refractivity (Wildman–Crippen MR) is 122 cm³/mol. The van der Waals surface area contributed by atoms with Crippen molar-refractivity contribution in [3.63, 3.8) is 0 Å². The normalized spacial score (nSPS) is 10.8. The van der Waals surface area contributed by atoms with Crippen molar-refractivity contribution < 1.29 is 19.0 Å². The third-order valence-corrected chi connectivity index (χ3v) is 4.31. The van der Waals surface area contributed by atoms with E-state index in [1.165, 1.54) is 6.21 Å². The highest BCUT2D eigenvalue weighted by molar-refractivity contribution is 5.86. The number of nitrogens with one attached hydrogen (secondary N) is 1. The highest BCUT2D eigenvalue weighted by Crippen LogP contribution is 2.31. The average Bonchev–Trinajstić information content (AvgIpc) is 2.79. The highest BCUT2D eigenvalue weighted by Gasteiger charge is 2.11. The van der Waals surface area contributed by atoms with Crippen molar-refractivity contribution in [2.75, 3.05) is 13.7 Å². The molecular formula is C25H26N2O4. The summed E-state index contributed by atoms with van der Waals surface area (Å²) in [6.07, 6.45) is 1.49. The van der Waals surface area contributed by atoms with Gasteiger partial charge in [0.25, 0.3) is 5.91 Å². The molecule has 160 valence electrons. The van der Waals surface area contributed by atoms with Gasteiger partial charge >= 0.3 is 0 Å². The van der Waals surface area contributed by atoms with Crippen LogP contribution >= 0.6 is 0 Å². The zero-order valence-corrected chi connectivity index (χ0v) is 17.9. The lowest BCUT2D eigenvalue weighted by Crippen LogP contribution is -2.24. The summed E-state index contributed by atoms with van der Waals surface area (Å²) >= 11 is 0. The Morgan fingerprint density at radius 3 is 2.42 bits per heavy atom. The Kier molecular flexibility index (Phi) is 7.65. The number of carbonyl (C=O) groups excluding carboxylic acids is 1. The van der Waals surface area contributed by atoms with Gasteiger partial charge in [-0.3, -0.25) is 4.79 Å². The van der Waals surface area contributed by atoms with Gasteiger partial charge in [0, 0.05) is 11.1 Å². The van der Waals surface area contributed by atoms with E-state index < -0.39 is 0 Å². The predicted octanol–water partition coefficient (Wildman–Crippen LogP) is 4.68. The van der Waals surface area contributed by atoms with E-state index >= 15 is 0 Å². The molecule has 31 heavy (non-hydrogen) atoms. The first-order chi connectivity index (χ1) is 15.1. The molecule has 0 spiro atoms. The number of rotatable bonds is 9. The van der Waals surface area contributed by atoms with Crippen molar-refractivity contribution in [1.29, 1.82) is 0 Å². The number of para-hydroxylation sites is 2. The molecular weight excluding hydrogens is 392 g/mol. The first-order valence-corrected chi connectivity index (χ1v) is 10.0. The monoisotopic (exact) mass is 418 g/mol. The highest BCUT2D eigenvalue weighted by atomic mass is 16.5. The lowest BCUT2D eigenvalue weighted by molar-refractivity contribution is -0.123. The second kappa shape index (κ2) is 10.8. The topological polar surface area (TPSA) is 69.2 Å². The van der Waals surface area contributed by atoms with Crippen molar-refractivity contribution in [3.8, 4) is 28.4 Å². The van der Waals surface area contributed by atoms with E-state index in [2.05, 4.69) is 10.5 Å². The van der Waals surface area contributed by atoms with E-state index in [9.17, 15) is 4.79 Å². The summed E-state index contributed by atoms with van der Waals surface area (Å²) < 4.78 is 16.9.